The third kappa shape index (κ3) is 12.8. The highest BCUT2D eigenvalue weighted by molar-refractivity contribution is 5.81. The largest absolute Gasteiger partial charge is 0.463 e. The predicted molar refractivity (Wildman–Crippen MR) is 94.1 cm³/mol. The van der Waals surface area contributed by atoms with Gasteiger partial charge in [-0.15, -0.1) is 0 Å². The molecule has 0 aliphatic heterocycles. The third-order valence-corrected chi connectivity index (χ3v) is 3.56. The van der Waals surface area contributed by atoms with Crippen molar-refractivity contribution in [2.45, 2.75) is 57.7 Å². The van der Waals surface area contributed by atoms with E-state index >= 15 is 0 Å². The van der Waals surface area contributed by atoms with Crippen molar-refractivity contribution in [3.63, 3.8) is 0 Å². The Bertz CT molecular complexity index is 410. The summed E-state index contributed by atoms with van der Waals surface area (Å²) in [7, 11) is 0. The fraction of sp³-hybridized carbons (Fsp3) is 0.778. The summed E-state index contributed by atoms with van der Waals surface area (Å²) in [6, 6.07) is 0. The topological polar surface area (TPSA) is 134 Å². The molecule has 0 rings (SSSR count). The van der Waals surface area contributed by atoms with E-state index in [1.54, 1.807) is 12.2 Å². The third-order valence-electron chi connectivity index (χ3n) is 3.56. The fourth-order valence-corrected chi connectivity index (χ4v) is 2.00. The zero-order valence-corrected chi connectivity index (χ0v) is 15.4. The van der Waals surface area contributed by atoms with Crippen LogP contribution in [-0.4, -0.2) is 71.0 Å². The van der Waals surface area contributed by atoms with Crippen LogP contribution >= 0.6 is 0 Å². The van der Waals surface area contributed by atoms with E-state index < -0.39 is 43.3 Å². The molecule has 0 fully saturated rings. The van der Waals surface area contributed by atoms with E-state index in [4.69, 9.17) is 19.7 Å². The lowest BCUT2D eigenvalue weighted by Gasteiger charge is -2.15. The van der Waals surface area contributed by atoms with Crippen molar-refractivity contribution < 1.29 is 39.5 Å². The summed E-state index contributed by atoms with van der Waals surface area (Å²) in [5, 5.41) is 35.9. The molecule has 8 nitrogen and oxygen atoms in total. The van der Waals surface area contributed by atoms with Crippen LogP contribution in [-0.2, 0) is 19.1 Å². The van der Waals surface area contributed by atoms with Crippen LogP contribution in [0.5, 0.6) is 0 Å². The molecule has 0 saturated carbocycles. The van der Waals surface area contributed by atoms with E-state index in [1.807, 2.05) is 0 Å². The average Bonchev–Trinajstić information content (AvgIpc) is 2.65. The second-order valence-electron chi connectivity index (χ2n) is 6.07. The molecule has 8 heteroatoms. The number of aliphatic hydroxyl groups is 4. The molecule has 0 heterocycles. The molecule has 0 saturated heterocycles. The maximum Gasteiger partial charge on any atom is 0.313 e. The number of hydrogen-bond acceptors (Lipinski definition) is 8. The Kier molecular flexibility index (Phi) is 14.9. The molecule has 0 amide bonds. The van der Waals surface area contributed by atoms with Gasteiger partial charge in [-0.25, -0.2) is 0 Å². The van der Waals surface area contributed by atoms with Crippen molar-refractivity contribution in [1.29, 1.82) is 0 Å². The van der Waals surface area contributed by atoms with E-state index in [-0.39, 0.29) is 19.6 Å². The summed E-state index contributed by atoms with van der Waals surface area (Å²) in [6.45, 7) is 0.319. The van der Waals surface area contributed by atoms with Crippen molar-refractivity contribution in [2.24, 2.45) is 5.92 Å². The molecular formula is C18H32O8. The standard InChI is InChI=1S/C18H32O8/c1-2-3-4-5-6-7-8-14(18(24)26-13-16(22)11-20)9-17(23)25-12-15(21)10-19/h7-8,14-16,19-22H,2-6,9-13H2,1H3/b8-7+. The van der Waals surface area contributed by atoms with Crippen molar-refractivity contribution in [3.8, 4) is 0 Å². The summed E-state index contributed by atoms with van der Waals surface area (Å²) < 4.78 is 9.70. The van der Waals surface area contributed by atoms with Crippen LogP contribution in [0.15, 0.2) is 12.2 Å². The number of esters is 2. The van der Waals surface area contributed by atoms with Gasteiger partial charge in [0, 0.05) is 0 Å². The van der Waals surface area contributed by atoms with Crippen molar-refractivity contribution in [1.82, 2.24) is 0 Å². The van der Waals surface area contributed by atoms with Crippen molar-refractivity contribution in [3.05, 3.63) is 12.2 Å². The monoisotopic (exact) mass is 376 g/mol. The van der Waals surface area contributed by atoms with Crippen LogP contribution < -0.4 is 0 Å². The molecular weight excluding hydrogens is 344 g/mol. The molecule has 0 aliphatic rings. The maximum atomic E-state index is 12.1. The summed E-state index contributed by atoms with van der Waals surface area (Å²) in [5.41, 5.74) is 0. The van der Waals surface area contributed by atoms with Gasteiger partial charge in [-0.05, 0) is 12.8 Å². The minimum atomic E-state index is -1.18. The number of allylic oxidation sites excluding steroid dienone is 1. The van der Waals surface area contributed by atoms with Crippen LogP contribution in [0.2, 0.25) is 0 Å². The lowest BCUT2D eigenvalue weighted by molar-refractivity contribution is -0.157. The second-order valence-corrected chi connectivity index (χ2v) is 6.07. The van der Waals surface area contributed by atoms with E-state index in [0.717, 1.165) is 32.1 Å². The lowest BCUT2D eigenvalue weighted by Crippen LogP contribution is -2.27. The zero-order valence-electron chi connectivity index (χ0n) is 15.4. The first kappa shape index (κ1) is 24.5. The van der Waals surface area contributed by atoms with E-state index in [1.165, 1.54) is 0 Å². The minimum absolute atomic E-state index is 0.280. The van der Waals surface area contributed by atoms with E-state index in [9.17, 15) is 19.8 Å². The SMILES string of the molecule is CCCCCC/C=C/C(CC(=O)OCC(O)CO)C(=O)OCC(O)CO. The molecule has 0 aromatic carbocycles. The van der Waals surface area contributed by atoms with Crippen molar-refractivity contribution >= 4 is 11.9 Å². The number of aliphatic hydroxyl groups excluding tert-OH is 4. The number of carbonyl (C=O) groups excluding carboxylic acids is 2. The fourth-order valence-electron chi connectivity index (χ4n) is 2.00. The summed E-state index contributed by atoms with van der Waals surface area (Å²) in [5.74, 6) is -2.30. The van der Waals surface area contributed by atoms with Gasteiger partial charge in [0.1, 0.15) is 25.4 Å². The van der Waals surface area contributed by atoms with Crippen LogP contribution in [0.25, 0.3) is 0 Å². The van der Waals surface area contributed by atoms with Gasteiger partial charge in [0.2, 0.25) is 0 Å². The molecule has 0 aromatic heterocycles. The van der Waals surface area contributed by atoms with Gasteiger partial charge >= 0.3 is 11.9 Å². The van der Waals surface area contributed by atoms with Crippen LogP contribution in [0.3, 0.4) is 0 Å². The Morgan fingerprint density at radius 1 is 0.962 bits per heavy atom. The Hall–Kier alpha value is -1.48. The predicted octanol–water partition coefficient (Wildman–Crippen LogP) is 0.312. The van der Waals surface area contributed by atoms with Gasteiger partial charge in [-0.1, -0.05) is 38.3 Å². The summed E-state index contributed by atoms with van der Waals surface area (Å²) >= 11 is 0. The highest BCUT2D eigenvalue weighted by Crippen LogP contribution is 2.12. The molecule has 0 spiro atoms. The Morgan fingerprint density at radius 3 is 2.15 bits per heavy atom. The molecule has 0 radical (unpaired) electrons. The van der Waals surface area contributed by atoms with Crippen molar-refractivity contribution in [2.75, 3.05) is 26.4 Å². The molecule has 3 atom stereocenters. The summed E-state index contributed by atoms with van der Waals surface area (Å²) in [6.07, 6.45) is 5.84. The van der Waals surface area contributed by atoms with Crippen LogP contribution in [0, 0.1) is 5.92 Å². The number of unbranched alkanes of at least 4 members (excludes halogenated alkanes) is 4. The average molecular weight is 376 g/mol. The van der Waals surface area contributed by atoms with Gasteiger partial charge in [0.25, 0.3) is 0 Å². The van der Waals surface area contributed by atoms with E-state index in [0.29, 0.717) is 0 Å². The minimum Gasteiger partial charge on any atom is -0.463 e. The Balaban J connectivity index is 4.58. The smallest absolute Gasteiger partial charge is 0.313 e. The van der Waals surface area contributed by atoms with Gasteiger partial charge in [0.05, 0.1) is 25.6 Å². The number of carbonyl (C=O) groups is 2. The maximum absolute atomic E-state index is 12.1. The molecule has 0 aliphatic carbocycles. The highest BCUT2D eigenvalue weighted by atomic mass is 16.6. The number of rotatable bonds is 15. The molecule has 3 unspecified atom stereocenters. The zero-order chi connectivity index (χ0) is 19.8. The first-order chi connectivity index (χ1) is 12.4. The highest BCUT2D eigenvalue weighted by Gasteiger charge is 2.23. The van der Waals surface area contributed by atoms with Gasteiger partial charge in [0.15, 0.2) is 0 Å². The lowest BCUT2D eigenvalue weighted by atomic mass is 10.0. The van der Waals surface area contributed by atoms with E-state index in [2.05, 4.69) is 6.92 Å². The molecule has 26 heavy (non-hydrogen) atoms. The number of hydrogen-bond donors (Lipinski definition) is 4. The first-order valence-corrected chi connectivity index (χ1v) is 9.01. The van der Waals surface area contributed by atoms with Gasteiger partial charge in [-0.3, -0.25) is 9.59 Å². The van der Waals surface area contributed by atoms with Crippen LogP contribution in [0.4, 0.5) is 0 Å². The second kappa shape index (κ2) is 15.7. The number of ether oxygens (including phenoxy) is 2. The Labute approximate surface area is 154 Å². The summed E-state index contributed by atoms with van der Waals surface area (Å²) in [4.78, 5) is 23.9. The van der Waals surface area contributed by atoms with Crippen LogP contribution in [0.1, 0.15) is 45.4 Å². The van der Waals surface area contributed by atoms with Gasteiger partial charge < -0.3 is 29.9 Å². The first-order valence-electron chi connectivity index (χ1n) is 9.01. The molecule has 152 valence electrons. The Morgan fingerprint density at radius 2 is 1.58 bits per heavy atom. The molecule has 4 N–H and O–H groups in total. The molecule has 0 aromatic rings. The normalized spacial score (nSPS) is 14.8. The molecule has 0 bridgehead atoms. The quantitative estimate of drug-likeness (QED) is 0.182. The van der Waals surface area contributed by atoms with Gasteiger partial charge in [-0.2, -0.15) is 0 Å².